The molecule has 0 saturated heterocycles. The Balaban J connectivity index is 0.00000196. The van der Waals surface area contributed by atoms with Gasteiger partial charge in [-0.25, -0.2) is 0 Å². The number of alkyl halides is 3. The van der Waals surface area contributed by atoms with Gasteiger partial charge in [0.1, 0.15) is 0 Å². The molecule has 0 bridgehead atoms. The first-order valence-corrected chi connectivity index (χ1v) is 4.80. The van der Waals surface area contributed by atoms with Crippen LogP contribution in [0.5, 0.6) is 0 Å². The van der Waals surface area contributed by atoms with E-state index in [0.717, 1.165) is 0 Å². The van der Waals surface area contributed by atoms with Crippen LogP contribution in [0.4, 0.5) is 13.2 Å². The highest BCUT2D eigenvalue weighted by atomic mass is 127. The van der Waals surface area contributed by atoms with Gasteiger partial charge < -0.3 is 0 Å². The minimum Gasteiger partial charge on any atom is -0.282 e. The summed E-state index contributed by atoms with van der Waals surface area (Å²) in [6.45, 7) is 0. The summed E-state index contributed by atoms with van der Waals surface area (Å²) >= 11 is 0. The molecule has 0 saturated carbocycles. The van der Waals surface area contributed by atoms with Crippen molar-refractivity contribution in [3.63, 3.8) is 0 Å². The lowest BCUT2D eigenvalue weighted by atomic mass is 10.2. The molecule has 0 atom stereocenters. The van der Waals surface area contributed by atoms with Crippen LogP contribution in [0.2, 0.25) is 0 Å². The van der Waals surface area contributed by atoms with Crippen molar-refractivity contribution in [1.29, 1.82) is 0 Å². The van der Waals surface area contributed by atoms with Gasteiger partial charge in [0, 0.05) is 0 Å². The van der Waals surface area contributed by atoms with Crippen molar-refractivity contribution in [3.8, 4) is 0 Å². The predicted octanol–water partition coefficient (Wildman–Crippen LogP) is 2.57. The molecule has 1 N–H and O–H groups in total. The van der Waals surface area contributed by atoms with Crippen molar-refractivity contribution in [3.05, 3.63) is 29.8 Å². The Morgan fingerprint density at radius 1 is 1.07 bits per heavy atom. The quantitative estimate of drug-likeness (QED) is 0.623. The zero-order chi connectivity index (χ0) is 11.0. The topological polar surface area (TPSA) is 54.4 Å². The molecule has 3 nitrogen and oxygen atoms in total. The minimum atomic E-state index is -4.52. The highest BCUT2D eigenvalue weighted by Gasteiger charge is 2.30. The largest absolute Gasteiger partial charge is 0.416 e. The van der Waals surface area contributed by atoms with Gasteiger partial charge in [-0.1, -0.05) is 0 Å². The fourth-order valence-electron chi connectivity index (χ4n) is 0.816. The van der Waals surface area contributed by atoms with Crippen LogP contribution in [0.15, 0.2) is 29.2 Å². The van der Waals surface area contributed by atoms with Crippen molar-refractivity contribution in [2.24, 2.45) is 0 Å². The Labute approximate surface area is 101 Å². The highest BCUT2D eigenvalue weighted by molar-refractivity contribution is 14.0. The van der Waals surface area contributed by atoms with Crippen molar-refractivity contribution in [1.82, 2.24) is 0 Å². The van der Waals surface area contributed by atoms with Gasteiger partial charge in [-0.3, -0.25) is 4.55 Å². The maximum atomic E-state index is 12.0. The standard InChI is InChI=1S/C7H5F3O3S.HI/c8-7(9,10)5-1-3-6(4-2-5)14(11,12)13;/h1-4H,(H,11,12,13);1H. The van der Waals surface area contributed by atoms with E-state index in [-0.39, 0.29) is 24.0 Å². The van der Waals surface area contributed by atoms with E-state index < -0.39 is 26.8 Å². The second-order valence-electron chi connectivity index (χ2n) is 2.50. The van der Waals surface area contributed by atoms with Gasteiger partial charge in [0.05, 0.1) is 10.5 Å². The van der Waals surface area contributed by atoms with Gasteiger partial charge in [0.2, 0.25) is 0 Å². The molecular weight excluding hydrogens is 348 g/mol. The maximum Gasteiger partial charge on any atom is 0.416 e. The molecule has 0 unspecified atom stereocenters. The van der Waals surface area contributed by atoms with Crippen LogP contribution in [-0.2, 0) is 16.3 Å². The smallest absolute Gasteiger partial charge is 0.282 e. The number of hydrogen-bond acceptors (Lipinski definition) is 2. The van der Waals surface area contributed by atoms with E-state index in [9.17, 15) is 21.6 Å². The van der Waals surface area contributed by atoms with E-state index >= 15 is 0 Å². The molecule has 86 valence electrons. The Bertz CT molecular complexity index is 424. The van der Waals surface area contributed by atoms with Crippen molar-refractivity contribution in [2.45, 2.75) is 11.1 Å². The lowest BCUT2D eigenvalue weighted by molar-refractivity contribution is -0.137. The van der Waals surface area contributed by atoms with Gasteiger partial charge in [-0.2, -0.15) is 21.6 Å². The van der Waals surface area contributed by atoms with Crippen molar-refractivity contribution < 1.29 is 26.1 Å². The summed E-state index contributed by atoms with van der Waals surface area (Å²) in [5.41, 5.74) is -0.968. The average molecular weight is 354 g/mol. The minimum absolute atomic E-state index is 0. The van der Waals surface area contributed by atoms with Gasteiger partial charge in [0.15, 0.2) is 0 Å². The third-order valence-corrected chi connectivity index (χ3v) is 2.35. The van der Waals surface area contributed by atoms with Gasteiger partial charge in [0.25, 0.3) is 10.1 Å². The molecule has 0 aromatic heterocycles. The molecule has 0 radical (unpaired) electrons. The third kappa shape index (κ3) is 3.95. The summed E-state index contributed by atoms with van der Waals surface area (Å²) in [4.78, 5) is -0.564. The Kier molecular flexibility index (Phi) is 4.55. The van der Waals surface area contributed by atoms with E-state index in [1.807, 2.05) is 0 Å². The first kappa shape index (κ1) is 14.6. The molecule has 1 aromatic rings. The summed E-state index contributed by atoms with van der Waals surface area (Å²) < 4.78 is 65.4. The summed E-state index contributed by atoms with van der Waals surface area (Å²) in [6, 6.07) is 2.56. The molecule has 1 aromatic carbocycles. The molecular formula is C7H6F3IO3S. The Morgan fingerprint density at radius 3 is 1.73 bits per heavy atom. The molecule has 15 heavy (non-hydrogen) atoms. The molecule has 0 spiro atoms. The fourth-order valence-corrected chi connectivity index (χ4v) is 1.30. The highest BCUT2D eigenvalue weighted by Crippen LogP contribution is 2.29. The first-order chi connectivity index (χ1) is 6.21. The number of hydrogen-bond donors (Lipinski definition) is 1. The van der Waals surface area contributed by atoms with Crippen LogP contribution in [-0.4, -0.2) is 13.0 Å². The van der Waals surface area contributed by atoms with E-state index in [0.29, 0.717) is 24.3 Å². The van der Waals surface area contributed by atoms with Crippen LogP contribution < -0.4 is 0 Å². The zero-order valence-corrected chi connectivity index (χ0v) is 10.2. The monoisotopic (exact) mass is 354 g/mol. The normalized spacial score (nSPS) is 12.0. The molecule has 0 fully saturated rings. The van der Waals surface area contributed by atoms with Crippen LogP contribution >= 0.6 is 24.0 Å². The average Bonchev–Trinajstić information content (AvgIpc) is 2.01. The molecule has 0 amide bonds. The van der Waals surface area contributed by atoms with Crippen molar-refractivity contribution >= 4 is 34.1 Å². The molecule has 8 heteroatoms. The summed E-state index contributed by atoms with van der Waals surface area (Å²) in [6.07, 6.45) is -4.52. The second-order valence-corrected chi connectivity index (χ2v) is 3.92. The zero-order valence-electron chi connectivity index (χ0n) is 7.02. The first-order valence-electron chi connectivity index (χ1n) is 3.36. The fraction of sp³-hybridized carbons (Fsp3) is 0.143. The van der Waals surface area contributed by atoms with Crippen LogP contribution in [0.25, 0.3) is 0 Å². The number of rotatable bonds is 1. The van der Waals surface area contributed by atoms with Gasteiger partial charge in [-0.05, 0) is 24.3 Å². The van der Waals surface area contributed by atoms with Gasteiger partial charge >= 0.3 is 6.18 Å². The Hall–Kier alpha value is -0.350. The molecule has 0 aliphatic heterocycles. The predicted molar refractivity (Wildman–Crippen MR) is 56.7 cm³/mol. The van der Waals surface area contributed by atoms with E-state index in [1.54, 1.807) is 0 Å². The summed E-state index contributed by atoms with van der Waals surface area (Å²) in [5.74, 6) is 0. The lowest BCUT2D eigenvalue weighted by Crippen LogP contribution is -2.05. The third-order valence-electron chi connectivity index (χ3n) is 1.48. The summed E-state index contributed by atoms with van der Waals surface area (Å²) in [5, 5.41) is 0. The molecule has 0 aliphatic rings. The van der Waals surface area contributed by atoms with Crippen LogP contribution in [0.1, 0.15) is 5.56 Å². The van der Waals surface area contributed by atoms with E-state index in [2.05, 4.69) is 0 Å². The second kappa shape index (κ2) is 4.66. The molecule has 1 rings (SSSR count). The molecule has 0 aliphatic carbocycles. The number of halogens is 4. The van der Waals surface area contributed by atoms with Gasteiger partial charge in [-0.15, -0.1) is 24.0 Å². The van der Waals surface area contributed by atoms with Crippen LogP contribution in [0.3, 0.4) is 0 Å². The summed E-state index contributed by atoms with van der Waals surface area (Å²) in [7, 11) is -4.43. The maximum absolute atomic E-state index is 12.0. The van der Waals surface area contributed by atoms with E-state index in [1.165, 1.54) is 0 Å². The lowest BCUT2D eigenvalue weighted by Gasteiger charge is -2.05. The van der Waals surface area contributed by atoms with Crippen LogP contribution in [0, 0.1) is 0 Å². The number of benzene rings is 1. The molecule has 0 heterocycles. The SMILES string of the molecule is I.O=S(=O)(O)c1ccc(C(F)(F)F)cc1. The van der Waals surface area contributed by atoms with E-state index in [4.69, 9.17) is 4.55 Å². The Morgan fingerprint density at radius 2 is 1.47 bits per heavy atom. The van der Waals surface area contributed by atoms with Crippen molar-refractivity contribution in [2.75, 3.05) is 0 Å².